The summed E-state index contributed by atoms with van der Waals surface area (Å²) in [5.41, 5.74) is 0.853. The van der Waals surface area contributed by atoms with Gasteiger partial charge in [0.1, 0.15) is 0 Å². The molecule has 6 heteroatoms. The van der Waals surface area contributed by atoms with Crippen LogP contribution in [0.3, 0.4) is 0 Å². The van der Waals surface area contributed by atoms with Crippen molar-refractivity contribution in [3.8, 4) is 11.5 Å². The smallest absolute Gasteiger partial charge is 0.338 e. The number of methoxy groups -OCH3 is 2. The average Bonchev–Trinajstić information content (AvgIpc) is 2.55. The zero-order chi connectivity index (χ0) is 17.2. The number of hydrogen-bond acceptors (Lipinski definition) is 6. The number of rotatable bonds is 8. The summed E-state index contributed by atoms with van der Waals surface area (Å²) >= 11 is 0. The Balaban J connectivity index is 3.16. The summed E-state index contributed by atoms with van der Waals surface area (Å²) in [6.45, 7) is 3.97. The van der Waals surface area contributed by atoms with Crippen molar-refractivity contribution in [1.82, 2.24) is 0 Å². The highest BCUT2D eigenvalue weighted by atomic mass is 16.5. The molecule has 0 fully saturated rings. The minimum absolute atomic E-state index is 0.0175. The fraction of sp³-hybridized carbons (Fsp3) is 0.412. The van der Waals surface area contributed by atoms with Crippen molar-refractivity contribution in [2.24, 2.45) is 0 Å². The van der Waals surface area contributed by atoms with Gasteiger partial charge in [-0.1, -0.05) is 12.1 Å². The van der Waals surface area contributed by atoms with Crippen LogP contribution in [0.15, 0.2) is 24.3 Å². The SMILES string of the molecule is CCOC(=O)C/C=C(/C(=O)OCC)c1ccc(OC)c(OC)c1. The molecule has 1 rings (SSSR count). The number of carbonyl (C=O) groups is 2. The normalized spacial score (nSPS) is 10.9. The predicted octanol–water partition coefficient (Wildman–Crippen LogP) is 2.60. The van der Waals surface area contributed by atoms with Crippen LogP contribution < -0.4 is 9.47 Å². The van der Waals surface area contributed by atoms with Crippen molar-refractivity contribution >= 4 is 17.5 Å². The zero-order valence-electron chi connectivity index (χ0n) is 13.9. The van der Waals surface area contributed by atoms with Crippen LogP contribution in [-0.4, -0.2) is 39.4 Å². The van der Waals surface area contributed by atoms with Crippen molar-refractivity contribution < 1.29 is 28.5 Å². The van der Waals surface area contributed by atoms with Crippen LogP contribution >= 0.6 is 0 Å². The van der Waals surface area contributed by atoms with Crippen molar-refractivity contribution in [2.45, 2.75) is 20.3 Å². The fourth-order valence-electron chi connectivity index (χ4n) is 1.94. The lowest BCUT2D eigenvalue weighted by molar-refractivity contribution is -0.142. The second kappa shape index (κ2) is 9.50. The van der Waals surface area contributed by atoms with Crippen LogP contribution in [0.25, 0.3) is 5.57 Å². The highest BCUT2D eigenvalue weighted by molar-refractivity contribution is 6.17. The molecule has 6 nitrogen and oxygen atoms in total. The summed E-state index contributed by atoms with van der Waals surface area (Å²) in [4.78, 5) is 23.7. The van der Waals surface area contributed by atoms with E-state index in [-0.39, 0.29) is 25.2 Å². The molecule has 0 aliphatic rings. The monoisotopic (exact) mass is 322 g/mol. The molecule has 0 atom stereocenters. The molecule has 0 unspecified atom stereocenters. The summed E-state index contributed by atoms with van der Waals surface area (Å²) < 4.78 is 20.3. The van der Waals surface area contributed by atoms with Crippen molar-refractivity contribution in [3.05, 3.63) is 29.8 Å². The molecule has 0 aliphatic carbocycles. The topological polar surface area (TPSA) is 71.1 Å². The fourth-order valence-corrected chi connectivity index (χ4v) is 1.94. The van der Waals surface area contributed by atoms with E-state index in [0.717, 1.165) is 0 Å². The average molecular weight is 322 g/mol. The molecule has 0 amide bonds. The second-order valence-corrected chi connectivity index (χ2v) is 4.42. The summed E-state index contributed by atoms with van der Waals surface area (Å²) in [6, 6.07) is 5.05. The van der Waals surface area contributed by atoms with Gasteiger partial charge in [0, 0.05) is 0 Å². The highest BCUT2D eigenvalue weighted by Crippen LogP contribution is 2.31. The largest absolute Gasteiger partial charge is 0.493 e. The van der Waals surface area contributed by atoms with Crippen LogP contribution in [0.1, 0.15) is 25.8 Å². The van der Waals surface area contributed by atoms with Crippen LogP contribution in [0.5, 0.6) is 11.5 Å². The number of esters is 2. The van der Waals surface area contributed by atoms with Gasteiger partial charge in [0.15, 0.2) is 11.5 Å². The summed E-state index contributed by atoms with van der Waals surface area (Å²) in [5, 5.41) is 0. The van der Waals surface area contributed by atoms with Gasteiger partial charge in [-0.3, -0.25) is 4.79 Å². The molecule has 0 bridgehead atoms. The van der Waals surface area contributed by atoms with Crippen LogP contribution in [0.2, 0.25) is 0 Å². The molecule has 0 radical (unpaired) electrons. The van der Waals surface area contributed by atoms with E-state index < -0.39 is 11.9 Å². The van der Waals surface area contributed by atoms with E-state index in [4.69, 9.17) is 18.9 Å². The van der Waals surface area contributed by atoms with E-state index in [1.54, 1.807) is 32.0 Å². The lowest BCUT2D eigenvalue weighted by atomic mass is 10.0. The molecule has 23 heavy (non-hydrogen) atoms. The highest BCUT2D eigenvalue weighted by Gasteiger charge is 2.16. The van der Waals surface area contributed by atoms with E-state index in [9.17, 15) is 9.59 Å². The van der Waals surface area contributed by atoms with Gasteiger partial charge in [0.2, 0.25) is 0 Å². The molecule has 0 N–H and O–H groups in total. The molecule has 0 saturated carbocycles. The molecule has 0 aliphatic heterocycles. The molecular weight excluding hydrogens is 300 g/mol. The van der Waals surface area contributed by atoms with Gasteiger partial charge >= 0.3 is 11.9 Å². The van der Waals surface area contributed by atoms with E-state index in [2.05, 4.69) is 0 Å². The first-order valence-corrected chi connectivity index (χ1v) is 7.32. The molecule has 126 valence electrons. The summed E-state index contributed by atoms with van der Waals surface area (Å²) in [7, 11) is 3.04. The van der Waals surface area contributed by atoms with Crippen LogP contribution in [-0.2, 0) is 19.1 Å². The van der Waals surface area contributed by atoms with Crippen LogP contribution in [0, 0.1) is 0 Å². The van der Waals surface area contributed by atoms with E-state index in [1.165, 1.54) is 20.3 Å². The van der Waals surface area contributed by atoms with Crippen molar-refractivity contribution in [1.29, 1.82) is 0 Å². The first-order valence-electron chi connectivity index (χ1n) is 7.32. The number of carbonyl (C=O) groups excluding carboxylic acids is 2. The third-order valence-electron chi connectivity index (χ3n) is 2.97. The lowest BCUT2D eigenvalue weighted by Gasteiger charge is -2.12. The molecule has 1 aromatic carbocycles. The molecule has 0 saturated heterocycles. The third kappa shape index (κ3) is 5.32. The Morgan fingerprint density at radius 2 is 1.65 bits per heavy atom. The van der Waals surface area contributed by atoms with Gasteiger partial charge in [-0.2, -0.15) is 0 Å². The Bertz CT molecular complexity index is 576. The quantitative estimate of drug-likeness (QED) is 0.541. The first kappa shape index (κ1) is 18.5. The van der Waals surface area contributed by atoms with Gasteiger partial charge in [0.25, 0.3) is 0 Å². The number of ether oxygens (including phenoxy) is 4. The van der Waals surface area contributed by atoms with Gasteiger partial charge in [-0.25, -0.2) is 4.79 Å². The Labute approximate surface area is 136 Å². The standard InChI is InChI=1S/C17H22O6/c1-5-22-16(18)10-8-13(17(19)23-6-2)12-7-9-14(20-3)15(11-12)21-4/h7-9,11H,5-6,10H2,1-4H3/b13-8+. The van der Waals surface area contributed by atoms with E-state index in [1.807, 2.05) is 0 Å². The van der Waals surface area contributed by atoms with Crippen molar-refractivity contribution in [2.75, 3.05) is 27.4 Å². The molecule has 0 aromatic heterocycles. The lowest BCUT2D eigenvalue weighted by Crippen LogP contribution is -2.09. The van der Waals surface area contributed by atoms with E-state index in [0.29, 0.717) is 17.1 Å². The maximum atomic E-state index is 12.2. The molecule has 1 aromatic rings. The zero-order valence-corrected chi connectivity index (χ0v) is 13.9. The maximum Gasteiger partial charge on any atom is 0.338 e. The Hall–Kier alpha value is -2.50. The number of benzene rings is 1. The third-order valence-corrected chi connectivity index (χ3v) is 2.97. The molecular formula is C17H22O6. The number of hydrogen-bond donors (Lipinski definition) is 0. The first-order chi connectivity index (χ1) is 11.1. The minimum Gasteiger partial charge on any atom is -0.493 e. The molecule has 0 heterocycles. The minimum atomic E-state index is -0.510. The summed E-state index contributed by atoms with van der Waals surface area (Å²) in [6.07, 6.45) is 1.48. The molecule has 0 spiro atoms. The predicted molar refractivity (Wildman–Crippen MR) is 85.4 cm³/mol. The van der Waals surface area contributed by atoms with Gasteiger partial charge < -0.3 is 18.9 Å². The van der Waals surface area contributed by atoms with Gasteiger partial charge in [-0.15, -0.1) is 0 Å². The Kier molecular flexibility index (Phi) is 7.66. The Morgan fingerprint density at radius 1 is 1.00 bits per heavy atom. The van der Waals surface area contributed by atoms with Gasteiger partial charge in [0.05, 0.1) is 39.4 Å². The van der Waals surface area contributed by atoms with E-state index >= 15 is 0 Å². The summed E-state index contributed by atoms with van der Waals surface area (Å²) in [5.74, 6) is 0.111. The maximum absolute atomic E-state index is 12.2. The second-order valence-electron chi connectivity index (χ2n) is 4.42. The van der Waals surface area contributed by atoms with Crippen molar-refractivity contribution in [3.63, 3.8) is 0 Å². The Morgan fingerprint density at radius 3 is 2.22 bits per heavy atom. The van der Waals surface area contributed by atoms with Crippen LogP contribution in [0.4, 0.5) is 0 Å². The van der Waals surface area contributed by atoms with Gasteiger partial charge in [-0.05, 0) is 31.5 Å².